The molecule has 4 nitrogen and oxygen atoms in total. The minimum Gasteiger partial charge on any atom is -0.496 e. The molecule has 0 spiro atoms. The molecule has 0 atom stereocenters. The van der Waals surface area contributed by atoms with Gasteiger partial charge in [-0.25, -0.2) is 0 Å². The second-order valence-corrected chi connectivity index (χ2v) is 7.92. The zero-order chi connectivity index (χ0) is 20.5. The Morgan fingerprint density at radius 2 is 1.86 bits per heavy atom. The van der Waals surface area contributed by atoms with E-state index in [1.54, 1.807) is 18.9 Å². The predicted molar refractivity (Wildman–Crippen MR) is 119 cm³/mol. The van der Waals surface area contributed by atoms with E-state index in [-0.39, 0.29) is 6.42 Å². The van der Waals surface area contributed by atoms with Gasteiger partial charge in [0.2, 0.25) is 0 Å². The van der Waals surface area contributed by atoms with Crippen LogP contribution in [0.4, 0.5) is 0 Å². The molecule has 0 aliphatic carbocycles. The number of carboxylic acids is 1. The van der Waals surface area contributed by atoms with Crippen LogP contribution in [0.25, 0.3) is 21.8 Å². The highest BCUT2D eigenvalue weighted by atomic mass is 32.2. The number of thioether (sulfide) groups is 1. The summed E-state index contributed by atoms with van der Waals surface area (Å²) in [5.41, 5.74) is 5.29. The van der Waals surface area contributed by atoms with Crippen LogP contribution in [0.1, 0.15) is 16.7 Å². The monoisotopic (exact) mass is 405 g/mol. The predicted octanol–water partition coefficient (Wildman–Crippen LogP) is 5.51. The van der Waals surface area contributed by atoms with Crippen LogP contribution in [0.15, 0.2) is 59.5 Å². The number of methoxy groups -OCH3 is 1. The van der Waals surface area contributed by atoms with Crippen LogP contribution in [0.5, 0.6) is 5.75 Å². The largest absolute Gasteiger partial charge is 0.496 e. The summed E-state index contributed by atoms with van der Waals surface area (Å²) in [7, 11) is 1.69. The lowest BCUT2D eigenvalue weighted by Gasteiger charge is -2.14. The Morgan fingerprint density at radius 3 is 2.52 bits per heavy atom. The van der Waals surface area contributed by atoms with Gasteiger partial charge in [0.25, 0.3) is 0 Å². The Bertz CT molecular complexity index is 1210. The fraction of sp³-hybridized carbons (Fsp3) is 0.208. The van der Waals surface area contributed by atoms with Crippen molar-refractivity contribution in [1.29, 1.82) is 0 Å². The van der Waals surface area contributed by atoms with Crippen molar-refractivity contribution in [3.63, 3.8) is 0 Å². The standard InChI is InChI=1S/C24H23NO3S/c1-15-12-17(13-20(26)27)24(29-3)23-21(15)22-18(10-7-11-19(22)28-2)25(23)14-16-8-5-4-6-9-16/h4-12H,13-14H2,1-3H3,(H,26,27). The van der Waals surface area contributed by atoms with Gasteiger partial charge in [-0.15, -0.1) is 11.8 Å². The summed E-state index contributed by atoms with van der Waals surface area (Å²) in [6.07, 6.45) is 2.02. The van der Waals surface area contributed by atoms with E-state index < -0.39 is 5.97 Å². The first-order valence-electron chi connectivity index (χ1n) is 9.46. The molecule has 0 unspecified atom stereocenters. The zero-order valence-corrected chi connectivity index (χ0v) is 17.5. The molecular formula is C24H23NO3S. The number of aryl methyl sites for hydroxylation is 1. The smallest absolute Gasteiger partial charge is 0.307 e. The Kier molecular flexibility index (Phi) is 5.24. The molecule has 148 valence electrons. The highest BCUT2D eigenvalue weighted by Gasteiger charge is 2.22. The number of fused-ring (bicyclic) bond motifs is 3. The lowest BCUT2D eigenvalue weighted by molar-refractivity contribution is -0.136. The molecule has 0 radical (unpaired) electrons. The summed E-state index contributed by atoms with van der Waals surface area (Å²) in [6, 6.07) is 18.4. The molecule has 5 heteroatoms. The number of aromatic nitrogens is 1. The number of nitrogens with zero attached hydrogens (tertiary/aromatic N) is 1. The van der Waals surface area contributed by atoms with Crippen molar-refractivity contribution in [1.82, 2.24) is 4.57 Å². The molecular weight excluding hydrogens is 382 g/mol. The number of carboxylic acid groups (broad SMARTS) is 1. The molecule has 0 saturated carbocycles. The Balaban J connectivity index is 2.14. The number of carbonyl (C=O) groups is 1. The highest BCUT2D eigenvalue weighted by Crippen LogP contribution is 2.43. The van der Waals surface area contributed by atoms with Gasteiger partial charge in [0.05, 0.1) is 24.6 Å². The molecule has 1 N–H and O–H groups in total. The molecule has 0 saturated heterocycles. The van der Waals surface area contributed by atoms with E-state index >= 15 is 0 Å². The number of benzene rings is 3. The van der Waals surface area contributed by atoms with Gasteiger partial charge in [-0.05, 0) is 42.0 Å². The first-order valence-corrected chi connectivity index (χ1v) is 10.7. The number of hydrogen-bond acceptors (Lipinski definition) is 3. The molecule has 3 aromatic carbocycles. The Labute approximate surface area is 174 Å². The molecule has 0 bridgehead atoms. The first kappa shape index (κ1) is 19.4. The number of aliphatic carboxylic acids is 1. The summed E-state index contributed by atoms with van der Waals surface area (Å²) in [6.45, 7) is 2.76. The van der Waals surface area contributed by atoms with E-state index in [1.807, 2.05) is 42.7 Å². The summed E-state index contributed by atoms with van der Waals surface area (Å²) in [5, 5.41) is 11.7. The minimum absolute atomic E-state index is 0.0109. The fourth-order valence-electron chi connectivity index (χ4n) is 4.16. The third-order valence-electron chi connectivity index (χ3n) is 5.29. The van der Waals surface area contributed by atoms with Crippen LogP contribution < -0.4 is 4.74 Å². The van der Waals surface area contributed by atoms with Gasteiger partial charge in [0.15, 0.2) is 0 Å². The summed E-state index contributed by atoms with van der Waals surface area (Å²) in [5.74, 6) is 0.0165. The van der Waals surface area contributed by atoms with Crippen LogP contribution in [0, 0.1) is 6.92 Å². The third kappa shape index (κ3) is 3.36. The second kappa shape index (κ2) is 7.84. The van der Waals surface area contributed by atoms with Crippen LogP contribution >= 0.6 is 11.8 Å². The number of ether oxygens (including phenoxy) is 1. The fourth-order valence-corrected chi connectivity index (χ4v) is 4.96. The van der Waals surface area contributed by atoms with Crippen LogP contribution in [0.3, 0.4) is 0 Å². The van der Waals surface area contributed by atoms with Crippen molar-refractivity contribution >= 4 is 39.5 Å². The SMILES string of the molecule is COc1cccc2c1c1c(C)cc(CC(=O)O)c(SC)c1n2Cc1ccccc1. The summed E-state index contributed by atoms with van der Waals surface area (Å²) >= 11 is 1.60. The lowest BCUT2D eigenvalue weighted by Crippen LogP contribution is -2.05. The number of hydrogen-bond donors (Lipinski definition) is 1. The van der Waals surface area contributed by atoms with Crippen molar-refractivity contribution in [3.8, 4) is 5.75 Å². The Morgan fingerprint density at radius 1 is 1.10 bits per heavy atom. The van der Waals surface area contributed by atoms with Crippen molar-refractivity contribution in [3.05, 3.63) is 71.3 Å². The third-order valence-corrected chi connectivity index (χ3v) is 6.16. The van der Waals surface area contributed by atoms with Crippen LogP contribution in [-0.4, -0.2) is 29.0 Å². The molecule has 4 aromatic rings. The first-order chi connectivity index (χ1) is 14.0. The van der Waals surface area contributed by atoms with Gasteiger partial charge in [0.1, 0.15) is 5.75 Å². The molecule has 1 aromatic heterocycles. The quantitative estimate of drug-likeness (QED) is 0.430. The maximum absolute atomic E-state index is 11.5. The second-order valence-electron chi connectivity index (χ2n) is 7.11. The average molecular weight is 406 g/mol. The molecule has 0 amide bonds. The van der Waals surface area contributed by atoms with E-state index in [2.05, 4.69) is 29.7 Å². The topological polar surface area (TPSA) is 51.5 Å². The maximum atomic E-state index is 11.5. The van der Waals surface area contributed by atoms with E-state index in [0.717, 1.165) is 43.6 Å². The van der Waals surface area contributed by atoms with Gasteiger partial charge in [0, 0.05) is 22.2 Å². The van der Waals surface area contributed by atoms with Crippen molar-refractivity contribution < 1.29 is 14.6 Å². The Hall–Kier alpha value is -2.92. The van der Waals surface area contributed by atoms with Crippen molar-refractivity contribution in [2.75, 3.05) is 13.4 Å². The van der Waals surface area contributed by atoms with Gasteiger partial charge < -0.3 is 14.4 Å². The average Bonchev–Trinajstić information content (AvgIpc) is 3.03. The minimum atomic E-state index is -0.817. The van der Waals surface area contributed by atoms with Crippen LogP contribution in [0.2, 0.25) is 0 Å². The molecule has 1 heterocycles. The normalized spacial score (nSPS) is 11.3. The van der Waals surface area contributed by atoms with Gasteiger partial charge in [-0.2, -0.15) is 0 Å². The van der Waals surface area contributed by atoms with E-state index in [1.165, 1.54) is 5.56 Å². The lowest BCUT2D eigenvalue weighted by atomic mass is 10.0. The van der Waals surface area contributed by atoms with Gasteiger partial charge >= 0.3 is 5.97 Å². The molecule has 0 aliphatic rings. The van der Waals surface area contributed by atoms with E-state index in [9.17, 15) is 9.90 Å². The summed E-state index contributed by atoms with van der Waals surface area (Å²) in [4.78, 5) is 12.5. The van der Waals surface area contributed by atoms with Gasteiger partial charge in [-0.1, -0.05) is 42.5 Å². The summed E-state index contributed by atoms with van der Waals surface area (Å²) < 4.78 is 8.01. The van der Waals surface area contributed by atoms with Gasteiger partial charge in [-0.3, -0.25) is 4.79 Å². The highest BCUT2D eigenvalue weighted by molar-refractivity contribution is 7.98. The maximum Gasteiger partial charge on any atom is 0.307 e. The number of rotatable bonds is 6. The zero-order valence-electron chi connectivity index (χ0n) is 16.7. The van der Waals surface area contributed by atoms with Crippen LogP contribution in [-0.2, 0) is 17.8 Å². The van der Waals surface area contributed by atoms with Crippen molar-refractivity contribution in [2.45, 2.75) is 24.8 Å². The van der Waals surface area contributed by atoms with E-state index in [4.69, 9.17) is 4.74 Å². The molecule has 0 fully saturated rings. The molecule has 0 aliphatic heterocycles. The molecule has 29 heavy (non-hydrogen) atoms. The molecule has 4 rings (SSSR count). The van der Waals surface area contributed by atoms with E-state index in [0.29, 0.717) is 6.54 Å². The van der Waals surface area contributed by atoms with Crippen molar-refractivity contribution in [2.24, 2.45) is 0 Å².